The number of phenols is 1. The van der Waals surface area contributed by atoms with Crippen LogP contribution in [0.5, 0.6) is 17.2 Å². The lowest BCUT2D eigenvalue weighted by atomic mass is 9.96. The first-order valence-corrected chi connectivity index (χ1v) is 8.40. The number of rotatable bonds is 5. The predicted octanol–water partition coefficient (Wildman–Crippen LogP) is 3.37. The Morgan fingerprint density at radius 3 is 2.54 bits per heavy atom. The molecule has 0 fully saturated rings. The van der Waals surface area contributed by atoms with Gasteiger partial charge in [0, 0.05) is 12.0 Å². The van der Waals surface area contributed by atoms with Crippen molar-refractivity contribution in [3.8, 4) is 17.2 Å². The van der Waals surface area contributed by atoms with Gasteiger partial charge >= 0.3 is 0 Å². The van der Waals surface area contributed by atoms with Crippen molar-refractivity contribution >= 4 is 11.9 Å². The highest BCUT2D eigenvalue weighted by Gasteiger charge is 2.38. The van der Waals surface area contributed by atoms with E-state index in [4.69, 9.17) is 9.47 Å². The second-order valence-electron chi connectivity index (χ2n) is 6.88. The molecule has 1 aliphatic rings. The molecule has 1 atom stereocenters. The quantitative estimate of drug-likeness (QED) is 0.636. The van der Waals surface area contributed by atoms with Crippen molar-refractivity contribution < 1.29 is 24.5 Å². The normalized spacial score (nSPS) is 16.4. The van der Waals surface area contributed by atoms with Crippen LogP contribution in [0.15, 0.2) is 42.5 Å². The summed E-state index contributed by atoms with van der Waals surface area (Å²) in [5, 5.41) is 19.6. The van der Waals surface area contributed by atoms with E-state index >= 15 is 0 Å². The monoisotopic (exact) mass is 354 g/mol. The molecule has 0 aliphatic carbocycles. The van der Waals surface area contributed by atoms with Crippen LogP contribution in [0.3, 0.4) is 0 Å². The molecule has 5 nitrogen and oxygen atoms in total. The molecule has 3 rings (SSSR count). The Labute approximate surface area is 152 Å². The molecule has 0 radical (unpaired) electrons. The van der Waals surface area contributed by atoms with Crippen LogP contribution in [0.1, 0.15) is 35.3 Å². The Hall–Kier alpha value is -2.79. The van der Waals surface area contributed by atoms with E-state index < -0.39 is 11.7 Å². The fourth-order valence-corrected chi connectivity index (χ4v) is 2.93. The summed E-state index contributed by atoms with van der Waals surface area (Å²) in [6.07, 6.45) is 3.18. The van der Waals surface area contributed by atoms with Gasteiger partial charge in [0.25, 0.3) is 0 Å². The Balaban J connectivity index is 1.91. The molecule has 1 heterocycles. The third-order valence-electron chi connectivity index (χ3n) is 4.46. The zero-order valence-electron chi connectivity index (χ0n) is 15.0. The standard InChI is InChI=1S/C21H22O5/c1-21(2,24)19-12-16-18(25-3)11-9-15(20(16)26-19)17(23)10-6-13-4-7-14(22)8-5-13/h4-11,19,22,24H,12H2,1-3H3/t19-/m0/s1. The van der Waals surface area contributed by atoms with Gasteiger partial charge in [0.05, 0.1) is 18.3 Å². The predicted molar refractivity (Wildman–Crippen MR) is 98.9 cm³/mol. The Morgan fingerprint density at radius 1 is 1.23 bits per heavy atom. The van der Waals surface area contributed by atoms with Crippen LogP contribution in [0.4, 0.5) is 0 Å². The van der Waals surface area contributed by atoms with Gasteiger partial charge in [-0.2, -0.15) is 0 Å². The second-order valence-corrected chi connectivity index (χ2v) is 6.88. The first-order chi connectivity index (χ1) is 12.3. The summed E-state index contributed by atoms with van der Waals surface area (Å²) in [7, 11) is 1.57. The van der Waals surface area contributed by atoms with Crippen molar-refractivity contribution in [2.24, 2.45) is 0 Å². The van der Waals surface area contributed by atoms with Crippen LogP contribution in [0, 0.1) is 0 Å². The van der Waals surface area contributed by atoms with Gasteiger partial charge in [-0.25, -0.2) is 0 Å². The molecule has 0 amide bonds. The number of carbonyl (C=O) groups excluding carboxylic acids is 1. The maximum atomic E-state index is 12.7. The van der Waals surface area contributed by atoms with E-state index in [0.717, 1.165) is 11.1 Å². The number of hydrogen-bond donors (Lipinski definition) is 2. The topological polar surface area (TPSA) is 76.0 Å². The van der Waals surface area contributed by atoms with Gasteiger partial charge < -0.3 is 19.7 Å². The van der Waals surface area contributed by atoms with Crippen LogP contribution in [0.2, 0.25) is 0 Å². The average molecular weight is 354 g/mol. The lowest BCUT2D eigenvalue weighted by Gasteiger charge is -2.24. The molecular weight excluding hydrogens is 332 g/mol. The minimum Gasteiger partial charge on any atom is -0.508 e. The van der Waals surface area contributed by atoms with Crippen LogP contribution in [-0.4, -0.2) is 34.8 Å². The van der Waals surface area contributed by atoms with Gasteiger partial charge in [0.1, 0.15) is 23.4 Å². The number of aromatic hydroxyl groups is 1. The third kappa shape index (κ3) is 3.58. The van der Waals surface area contributed by atoms with Crippen LogP contribution in [0.25, 0.3) is 6.08 Å². The van der Waals surface area contributed by atoms with Gasteiger partial charge in [-0.1, -0.05) is 18.2 Å². The summed E-state index contributed by atoms with van der Waals surface area (Å²) in [6.45, 7) is 3.37. The summed E-state index contributed by atoms with van der Waals surface area (Å²) in [4.78, 5) is 12.7. The molecule has 0 spiro atoms. The fraction of sp³-hybridized carbons (Fsp3) is 0.286. The summed E-state index contributed by atoms with van der Waals surface area (Å²) in [6, 6.07) is 9.99. The van der Waals surface area contributed by atoms with E-state index in [1.165, 1.54) is 6.08 Å². The zero-order chi connectivity index (χ0) is 18.9. The Kier molecular flexibility index (Phi) is 4.74. The zero-order valence-corrected chi connectivity index (χ0v) is 15.0. The maximum absolute atomic E-state index is 12.7. The molecule has 1 aliphatic heterocycles. The van der Waals surface area contributed by atoms with Gasteiger partial charge in [-0.3, -0.25) is 4.79 Å². The second kappa shape index (κ2) is 6.84. The van der Waals surface area contributed by atoms with Crippen molar-refractivity contribution in [1.29, 1.82) is 0 Å². The Morgan fingerprint density at radius 2 is 1.92 bits per heavy atom. The molecule has 0 bridgehead atoms. The number of ketones is 1. The van der Waals surface area contributed by atoms with Crippen molar-refractivity contribution in [3.63, 3.8) is 0 Å². The molecular formula is C21H22O5. The molecule has 2 N–H and O–H groups in total. The molecule has 26 heavy (non-hydrogen) atoms. The van der Waals surface area contributed by atoms with E-state index in [2.05, 4.69) is 0 Å². The Bertz CT molecular complexity index is 844. The van der Waals surface area contributed by atoms with E-state index in [9.17, 15) is 15.0 Å². The van der Waals surface area contributed by atoms with Crippen molar-refractivity contribution in [2.45, 2.75) is 32.0 Å². The summed E-state index contributed by atoms with van der Waals surface area (Å²) in [5.41, 5.74) is 0.995. The van der Waals surface area contributed by atoms with Crippen LogP contribution in [-0.2, 0) is 6.42 Å². The molecule has 0 saturated carbocycles. The maximum Gasteiger partial charge on any atom is 0.189 e. The van der Waals surface area contributed by atoms with Crippen molar-refractivity contribution in [2.75, 3.05) is 7.11 Å². The number of hydrogen-bond acceptors (Lipinski definition) is 5. The smallest absolute Gasteiger partial charge is 0.189 e. The minimum absolute atomic E-state index is 0.174. The van der Waals surface area contributed by atoms with Crippen molar-refractivity contribution in [3.05, 3.63) is 59.2 Å². The highest BCUT2D eigenvalue weighted by Crippen LogP contribution is 2.41. The van der Waals surface area contributed by atoms with Crippen LogP contribution >= 0.6 is 0 Å². The van der Waals surface area contributed by atoms with E-state index in [1.807, 2.05) is 0 Å². The van der Waals surface area contributed by atoms with Crippen LogP contribution < -0.4 is 9.47 Å². The van der Waals surface area contributed by atoms with Gasteiger partial charge in [0.2, 0.25) is 0 Å². The summed E-state index contributed by atoms with van der Waals surface area (Å²) in [5.74, 6) is 1.09. The number of carbonyl (C=O) groups is 1. The number of ether oxygens (including phenoxy) is 2. The number of allylic oxidation sites excluding steroid dienone is 1. The largest absolute Gasteiger partial charge is 0.508 e. The molecule has 2 aromatic rings. The lowest BCUT2D eigenvalue weighted by Crippen LogP contribution is -2.39. The van der Waals surface area contributed by atoms with E-state index in [1.54, 1.807) is 63.4 Å². The van der Waals surface area contributed by atoms with Crippen molar-refractivity contribution in [1.82, 2.24) is 0 Å². The highest BCUT2D eigenvalue weighted by atomic mass is 16.5. The summed E-state index contributed by atoms with van der Waals surface area (Å²) < 4.78 is 11.3. The highest BCUT2D eigenvalue weighted by molar-refractivity contribution is 6.09. The minimum atomic E-state index is -1.04. The van der Waals surface area contributed by atoms with E-state index in [-0.39, 0.29) is 11.5 Å². The average Bonchev–Trinajstić information content (AvgIpc) is 3.06. The number of fused-ring (bicyclic) bond motifs is 1. The number of methoxy groups -OCH3 is 1. The molecule has 5 heteroatoms. The number of phenolic OH excluding ortho intramolecular Hbond substituents is 1. The molecule has 0 unspecified atom stereocenters. The third-order valence-corrected chi connectivity index (χ3v) is 4.46. The number of aliphatic hydroxyl groups is 1. The molecule has 136 valence electrons. The van der Waals surface area contributed by atoms with Gasteiger partial charge in [-0.05, 0) is 49.8 Å². The first-order valence-electron chi connectivity index (χ1n) is 8.40. The molecule has 0 saturated heterocycles. The molecule has 2 aromatic carbocycles. The van der Waals surface area contributed by atoms with E-state index in [0.29, 0.717) is 23.5 Å². The molecule has 0 aromatic heterocycles. The summed E-state index contributed by atoms with van der Waals surface area (Å²) >= 11 is 0. The first kappa shape index (κ1) is 18.0. The van der Waals surface area contributed by atoms with Gasteiger partial charge in [-0.15, -0.1) is 0 Å². The SMILES string of the molecule is COc1ccc(C(=O)C=Cc2ccc(O)cc2)c2c1C[C@@H](C(C)(C)O)O2. The lowest BCUT2D eigenvalue weighted by molar-refractivity contribution is -0.0231. The fourth-order valence-electron chi connectivity index (χ4n) is 2.93. The number of benzene rings is 2. The van der Waals surface area contributed by atoms with Gasteiger partial charge in [0.15, 0.2) is 5.78 Å².